The van der Waals surface area contributed by atoms with Crippen molar-refractivity contribution < 1.29 is 23.7 Å². The summed E-state index contributed by atoms with van der Waals surface area (Å²) in [6, 6.07) is 10.5. The molecule has 0 radical (unpaired) electrons. The molecular weight excluding hydrogens is 334 g/mol. The van der Waals surface area contributed by atoms with Crippen molar-refractivity contribution in [2.24, 2.45) is 0 Å². The normalized spacial score (nSPS) is 11.4. The Morgan fingerprint density at radius 1 is 0.885 bits per heavy atom. The lowest BCUT2D eigenvalue weighted by molar-refractivity contribution is 0.0934. The molecule has 0 spiro atoms. The largest absolute Gasteiger partial charge is 0.497 e. The lowest BCUT2D eigenvalue weighted by Gasteiger charge is -2.19. The second kappa shape index (κ2) is 8.99. The monoisotopic (exact) mass is 359 g/mol. The topological polar surface area (TPSA) is 66.0 Å². The van der Waals surface area contributed by atoms with E-state index in [9.17, 15) is 4.79 Å². The van der Waals surface area contributed by atoms with Crippen LogP contribution in [0.1, 0.15) is 35.3 Å². The average Bonchev–Trinajstić information content (AvgIpc) is 2.70. The van der Waals surface area contributed by atoms with Gasteiger partial charge < -0.3 is 24.3 Å². The van der Waals surface area contributed by atoms with Gasteiger partial charge >= 0.3 is 0 Å². The fourth-order valence-corrected chi connectivity index (χ4v) is 2.67. The van der Waals surface area contributed by atoms with Crippen LogP contribution in [0.3, 0.4) is 0 Å². The minimum atomic E-state index is -0.205. The van der Waals surface area contributed by atoms with Crippen LogP contribution in [0.2, 0.25) is 0 Å². The van der Waals surface area contributed by atoms with E-state index in [2.05, 4.69) is 5.32 Å². The van der Waals surface area contributed by atoms with E-state index in [4.69, 9.17) is 18.9 Å². The molecule has 0 saturated heterocycles. The van der Waals surface area contributed by atoms with Gasteiger partial charge in [0.15, 0.2) is 11.5 Å². The summed E-state index contributed by atoms with van der Waals surface area (Å²) in [6.45, 7) is 2.01. The van der Waals surface area contributed by atoms with Crippen LogP contribution in [-0.2, 0) is 0 Å². The number of methoxy groups -OCH3 is 4. The van der Waals surface area contributed by atoms with Crippen LogP contribution in [0.4, 0.5) is 0 Å². The molecule has 0 aliphatic heterocycles. The Balaban J connectivity index is 2.26. The first-order valence-electron chi connectivity index (χ1n) is 8.32. The lowest BCUT2D eigenvalue weighted by atomic mass is 10.0. The quantitative estimate of drug-likeness (QED) is 0.780. The van der Waals surface area contributed by atoms with E-state index in [0.29, 0.717) is 28.6 Å². The van der Waals surface area contributed by atoms with Crippen LogP contribution in [0, 0.1) is 0 Å². The number of hydrogen-bond donors (Lipinski definition) is 1. The molecule has 2 aromatic carbocycles. The maximum absolute atomic E-state index is 12.7. The van der Waals surface area contributed by atoms with E-state index in [1.807, 2.05) is 25.1 Å². The van der Waals surface area contributed by atoms with Crippen LogP contribution < -0.4 is 24.3 Å². The third-order valence-corrected chi connectivity index (χ3v) is 4.14. The van der Waals surface area contributed by atoms with Crippen LogP contribution in [0.15, 0.2) is 36.4 Å². The maximum atomic E-state index is 12.7. The highest BCUT2D eigenvalue weighted by atomic mass is 16.5. The highest BCUT2D eigenvalue weighted by Gasteiger charge is 2.17. The van der Waals surface area contributed by atoms with Gasteiger partial charge in [0, 0.05) is 11.6 Å². The average molecular weight is 359 g/mol. The molecule has 0 aromatic heterocycles. The number of rotatable bonds is 8. The molecule has 0 heterocycles. The summed E-state index contributed by atoms with van der Waals surface area (Å²) < 4.78 is 21.1. The fourth-order valence-electron chi connectivity index (χ4n) is 2.67. The molecule has 6 heteroatoms. The van der Waals surface area contributed by atoms with Gasteiger partial charge in [-0.25, -0.2) is 0 Å². The van der Waals surface area contributed by atoms with Gasteiger partial charge in [0.2, 0.25) is 0 Å². The second-order valence-electron chi connectivity index (χ2n) is 5.65. The lowest BCUT2D eigenvalue weighted by Crippen LogP contribution is -2.28. The maximum Gasteiger partial charge on any atom is 0.252 e. The van der Waals surface area contributed by atoms with Gasteiger partial charge in [0.25, 0.3) is 5.91 Å². The van der Waals surface area contributed by atoms with Gasteiger partial charge in [-0.3, -0.25) is 4.79 Å². The Morgan fingerprint density at radius 2 is 1.50 bits per heavy atom. The molecule has 1 N–H and O–H groups in total. The summed E-state index contributed by atoms with van der Waals surface area (Å²) in [7, 11) is 6.28. The van der Waals surface area contributed by atoms with Crippen LogP contribution in [0.5, 0.6) is 23.0 Å². The second-order valence-corrected chi connectivity index (χ2v) is 5.65. The van der Waals surface area contributed by atoms with Crippen molar-refractivity contribution in [1.82, 2.24) is 5.32 Å². The zero-order valence-electron chi connectivity index (χ0n) is 15.8. The van der Waals surface area contributed by atoms with Crippen molar-refractivity contribution in [3.05, 3.63) is 47.5 Å². The minimum absolute atomic E-state index is 0.167. The molecule has 140 valence electrons. The first kappa shape index (κ1) is 19.4. The number of amides is 1. The van der Waals surface area contributed by atoms with Crippen molar-refractivity contribution in [2.75, 3.05) is 28.4 Å². The van der Waals surface area contributed by atoms with Gasteiger partial charge in [-0.15, -0.1) is 0 Å². The first-order valence-corrected chi connectivity index (χ1v) is 8.32. The Kier molecular flexibility index (Phi) is 6.72. The molecule has 6 nitrogen and oxygen atoms in total. The predicted molar refractivity (Wildman–Crippen MR) is 99.6 cm³/mol. The Bertz CT molecular complexity index is 738. The predicted octanol–water partition coefficient (Wildman–Crippen LogP) is 3.60. The minimum Gasteiger partial charge on any atom is -0.497 e. The Labute approximate surface area is 154 Å². The molecular formula is C20H25NO5. The van der Waals surface area contributed by atoms with Crippen LogP contribution in [0.25, 0.3) is 0 Å². The van der Waals surface area contributed by atoms with E-state index in [-0.39, 0.29) is 11.9 Å². The molecule has 26 heavy (non-hydrogen) atoms. The van der Waals surface area contributed by atoms with Crippen molar-refractivity contribution in [3.8, 4) is 23.0 Å². The summed E-state index contributed by atoms with van der Waals surface area (Å²) in [6.07, 6.45) is 0.725. The number of hydrogen-bond acceptors (Lipinski definition) is 5. The molecule has 2 aromatic rings. The number of carbonyl (C=O) groups is 1. The number of ether oxygens (including phenoxy) is 4. The van der Waals surface area contributed by atoms with E-state index >= 15 is 0 Å². The van der Waals surface area contributed by atoms with E-state index in [1.54, 1.807) is 46.6 Å². The number of nitrogens with one attached hydrogen (secondary N) is 1. The SMILES string of the molecule is CC[C@@H](NC(=O)c1cc(OC)cc(OC)c1)c1ccc(OC)c(OC)c1. The smallest absolute Gasteiger partial charge is 0.252 e. The fraction of sp³-hybridized carbons (Fsp3) is 0.350. The van der Waals surface area contributed by atoms with Crippen molar-refractivity contribution in [1.29, 1.82) is 0 Å². The zero-order valence-corrected chi connectivity index (χ0v) is 15.8. The zero-order chi connectivity index (χ0) is 19.1. The van der Waals surface area contributed by atoms with E-state index in [1.165, 1.54) is 0 Å². The first-order chi connectivity index (χ1) is 12.6. The van der Waals surface area contributed by atoms with Crippen molar-refractivity contribution in [3.63, 3.8) is 0 Å². The van der Waals surface area contributed by atoms with Crippen molar-refractivity contribution in [2.45, 2.75) is 19.4 Å². The van der Waals surface area contributed by atoms with Gasteiger partial charge in [-0.05, 0) is 36.2 Å². The molecule has 0 bridgehead atoms. The third-order valence-electron chi connectivity index (χ3n) is 4.14. The molecule has 1 atom stereocenters. The molecule has 0 saturated carbocycles. The van der Waals surface area contributed by atoms with Crippen molar-refractivity contribution >= 4 is 5.91 Å². The highest BCUT2D eigenvalue weighted by molar-refractivity contribution is 5.95. The van der Waals surface area contributed by atoms with Gasteiger partial charge in [-0.2, -0.15) is 0 Å². The van der Waals surface area contributed by atoms with Gasteiger partial charge in [-0.1, -0.05) is 13.0 Å². The molecule has 0 unspecified atom stereocenters. The van der Waals surface area contributed by atoms with Gasteiger partial charge in [0.1, 0.15) is 11.5 Å². The standard InChI is InChI=1S/C20H25NO5/c1-6-17(13-7-8-18(25-4)19(11-13)26-5)21-20(22)14-9-15(23-2)12-16(10-14)24-3/h7-12,17H,6H2,1-5H3,(H,21,22)/t17-/m1/s1. The summed E-state index contributed by atoms with van der Waals surface area (Å²) >= 11 is 0. The summed E-state index contributed by atoms with van der Waals surface area (Å²) in [5.74, 6) is 2.20. The van der Waals surface area contributed by atoms with Crippen LogP contribution in [-0.4, -0.2) is 34.3 Å². The van der Waals surface area contributed by atoms with E-state index in [0.717, 1.165) is 12.0 Å². The summed E-state index contributed by atoms with van der Waals surface area (Å²) in [5, 5.41) is 3.04. The third kappa shape index (κ3) is 4.39. The molecule has 0 aliphatic rings. The summed E-state index contributed by atoms with van der Waals surface area (Å²) in [5.41, 5.74) is 1.41. The van der Waals surface area contributed by atoms with Gasteiger partial charge in [0.05, 0.1) is 34.5 Å². The molecule has 0 aliphatic carbocycles. The number of carbonyl (C=O) groups excluding carboxylic acids is 1. The van der Waals surface area contributed by atoms with E-state index < -0.39 is 0 Å². The number of benzene rings is 2. The Hall–Kier alpha value is -2.89. The van der Waals surface area contributed by atoms with Crippen LogP contribution >= 0.6 is 0 Å². The summed E-state index contributed by atoms with van der Waals surface area (Å²) in [4.78, 5) is 12.7. The molecule has 1 amide bonds. The Morgan fingerprint density at radius 3 is 2.00 bits per heavy atom. The molecule has 2 rings (SSSR count). The molecule has 0 fully saturated rings. The highest BCUT2D eigenvalue weighted by Crippen LogP contribution is 2.31.